The van der Waals surface area contributed by atoms with E-state index in [4.69, 9.17) is 4.74 Å². The summed E-state index contributed by atoms with van der Waals surface area (Å²) in [5.41, 5.74) is 0.298. The van der Waals surface area contributed by atoms with Crippen LogP contribution in [0, 0.1) is 0 Å². The molecule has 0 bridgehead atoms. The number of amides is 1. The molecule has 0 radical (unpaired) electrons. The van der Waals surface area contributed by atoms with Gasteiger partial charge in [0.1, 0.15) is 5.75 Å². The van der Waals surface area contributed by atoms with Gasteiger partial charge >= 0.3 is 6.36 Å². The van der Waals surface area contributed by atoms with Crippen LogP contribution in [-0.2, 0) is 21.5 Å². The third-order valence-corrected chi connectivity index (χ3v) is 4.83. The Balaban J connectivity index is 1.74. The van der Waals surface area contributed by atoms with Crippen molar-refractivity contribution in [2.75, 3.05) is 13.2 Å². The van der Waals surface area contributed by atoms with Crippen molar-refractivity contribution in [3.8, 4) is 5.75 Å². The smallest absolute Gasteiger partial charge is 0.406 e. The van der Waals surface area contributed by atoms with Crippen LogP contribution in [0.5, 0.6) is 5.75 Å². The monoisotopic (exact) mass is 410 g/mol. The number of aromatic amines is 1. The van der Waals surface area contributed by atoms with E-state index < -0.39 is 11.9 Å². The molecule has 156 valence electrons. The third kappa shape index (κ3) is 5.83. The second-order valence-electron chi connectivity index (χ2n) is 6.88. The Morgan fingerprint density at radius 3 is 2.62 bits per heavy atom. The van der Waals surface area contributed by atoms with E-state index in [1.807, 2.05) is 0 Å². The summed E-state index contributed by atoms with van der Waals surface area (Å²) >= 11 is 0. The molecule has 29 heavy (non-hydrogen) atoms. The zero-order valence-corrected chi connectivity index (χ0v) is 15.6. The van der Waals surface area contributed by atoms with Gasteiger partial charge in [0.2, 0.25) is 11.5 Å². The zero-order chi connectivity index (χ0) is 20.9. The van der Waals surface area contributed by atoms with E-state index in [0.29, 0.717) is 38.0 Å². The summed E-state index contributed by atoms with van der Waals surface area (Å²) in [6, 6.07) is 8.72. The fraction of sp³-hybridized carbons (Fsp3) is 0.400. The number of hydrogen-bond donors (Lipinski definition) is 2. The largest absolute Gasteiger partial charge is 0.573 e. The van der Waals surface area contributed by atoms with Crippen molar-refractivity contribution in [3.63, 3.8) is 0 Å². The molecule has 1 saturated heterocycles. The predicted octanol–water partition coefficient (Wildman–Crippen LogP) is 3.03. The van der Waals surface area contributed by atoms with Crippen LogP contribution in [0.25, 0.3) is 0 Å². The van der Waals surface area contributed by atoms with E-state index in [0.717, 1.165) is 5.56 Å². The minimum Gasteiger partial charge on any atom is -0.406 e. The number of carbonyl (C=O) groups excluding carboxylic acids is 1. The van der Waals surface area contributed by atoms with Crippen LogP contribution in [0.15, 0.2) is 47.4 Å². The molecule has 1 aliphatic heterocycles. The first-order valence-corrected chi connectivity index (χ1v) is 9.18. The van der Waals surface area contributed by atoms with E-state index in [2.05, 4.69) is 15.0 Å². The number of ether oxygens (including phenoxy) is 2. The van der Waals surface area contributed by atoms with Crippen molar-refractivity contribution in [2.24, 2.45) is 0 Å². The maximum atomic E-state index is 12.6. The summed E-state index contributed by atoms with van der Waals surface area (Å²) in [7, 11) is 0. The van der Waals surface area contributed by atoms with Gasteiger partial charge in [0.15, 0.2) is 0 Å². The first kappa shape index (κ1) is 20.9. The predicted molar refractivity (Wildman–Crippen MR) is 98.4 cm³/mol. The molecule has 1 amide bonds. The SMILES string of the molecule is O=C(CCc1ccc(=O)[nH]c1)NC1(c2cccc(OC(F)(F)F)c2)CCOCC1. The number of rotatable bonds is 6. The van der Waals surface area contributed by atoms with E-state index >= 15 is 0 Å². The molecule has 0 atom stereocenters. The highest BCUT2D eigenvalue weighted by Gasteiger charge is 2.37. The van der Waals surface area contributed by atoms with Crippen LogP contribution in [-0.4, -0.2) is 30.5 Å². The Bertz CT molecular complexity index is 885. The van der Waals surface area contributed by atoms with Crippen molar-refractivity contribution >= 4 is 5.91 Å². The summed E-state index contributed by atoms with van der Waals surface area (Å²) in [5.74, 6) is -0.566. The summed E-state index contributed by atoms with van der Waals surface area (Å²) in [6.07, 6.45) is -1.77. The van der Waals surface area contributed by atoms with Gasteiger partial charge in [0.25, 0.3) is 0 Å². The lowest BCUT2D eigenvalue weighted by molar-refractivity contribution is -0.274. The molecule has 0 spiro atoms. The molecule has 9 heteroatoms. The Labute approximate surface area is 165 Å². The van der Waals surface area contributed by atoms with Crippen LogP contribution in [0.1, 0.15) is 30.4 Å². The Kier molecular flexibility index (Phi) is 6.26. The maximum Gasteiger partial charge on any atom is 0.573 e. The number of H-pyrrole nitrogens is 1. The summed E-state index contributed by atoms with van der Waals surface area (Å²) < 4.78 is 47.1. The quantitative estimate of drug-likeness (QED) is 0.767. The van der Waals surface area contributed by atoms with Crippen molar-refractivity contribution in [1.29, 1.82) is 0 Å². The third-order valence-electron chi connectivity index (χ3n) is 4.83. The van der Waals surface area contributed by atoms with E-state index in [1.165, 1.54) is 24.3 Å². The van der Waals surface area contributed by atoms with E-state index in [9.17, 15) is 22.8 Å². The van der Waals surface area contributed by atoms with E-state index in [1.54, 1.807) is 18.3 Å². The first-order valence-electron chi connectivity index (χ1n) is 9.18. The van der Waals surface area contributed by atoms with Crippen LogP contribution < -0.4 is 15.6 Å². The summed E-state index contributed by atoms with van der Waals surface area (Å²) in [5, 5.41) is 2.99. The highest BCUT2D eigenvalue weighted by atomic mass is 19.4. The zero-order valence-electron chi connectivity index (χ0n) is 15.6. The number of hydrogen-bond acceptors (Lipinski definition) is 4. The lowest BCUT2D eigenvalue weighted by Crippen LogP contribution is -2.49. The Morgan fingerprint density at radius 2 is 1.97 bits per heavy atom. The topological polar surface area (TPSA) is 80.4 Å². The molecular formula is C20H21F3N2O4. The summed E-state index contributed by atoms with van der Waals surface area (Å²) in [6.45, 7) is 0.759. The Hall–Kier alpha value is -2.81. The van der Waals surface area contributed by atoms with Crippen LogP contribution in [0.3, 0.4) is 0 Å². The first-order chi connectivity index (χ1) is 13.8. The average molecular weight is 410 g/mol. The van der Waals surface area contributed by atoms with Gasteiger partial charge in [-0.05, 0) is 42.5 Å². The molecule has 0 saturated carbocycles. The number of aromatic nitrogens is 1. The van der Waals surface area contributed by atoms with Crippen LogP contribution >= 0.6 is 0 Å². The number of nitrogens with one attached hydrogen (secondary N) is 2. The number of benzene rings is 1. The molecule has 1 aromatic carbocycles. The van der Waals surface area contributed by atoms with Gasteiger partial charge in [0, 0.05) is 31.9 Å². The lowest BCUT2D eigenvalue weighted by Gasteiger charge is -2.38. The van der Waals surface area contributed by atoms with Crippen LogP contribution in [0.4, 0.5) is 13.2 Å². The van der Waals surface area contributed by atoms with Crippen molar-refractivity contribution in [2.45, 2.75) is 37.6 Å². The lowest BCUT2D eigenvalue weighted by atomic mass is 9.82. The number of pyridine rings is 1. The van der Waals surface area contributed by atoms with Gasteiger partial charge in [-0.3, -0.25) is 9.59 Å². The van der Waals surface area contributed by atoms with Gasteiger partial charge in [-0.2, -0.15) is 0 Å². The van der Waals surface area contributed by atoms with Gasteiger partial charge in [-0.15, -0.1) is 13.2 Å². The van der Waals surface area contributed by atoms with E-state index in [-0.39, 0.29) is 23.6 Å². The minimum atomic E-state index is -4.79. The molecule has 2 aromatic rings. The molecule has 0 unspecified atom stereocenters. The molecule has 1 aromatic heterocycles. The van der Waals surface area contributed by atoms with Gasteiger partial charge in [-0.25, -0.2) is 0 Å². The van der Waals surface area contributed by atoms with Crippen molar-refractivity contribution < 1.29 is 27.4 Å². The normalized spacial score (nSPS) is 16.2. The number of alkyl halides is 3. The number of carbonyl (C=O) groups is 1. The van der Waals surface area contributed by atoms with Gasteiger partial charge in [-0.1, -0.05) is 18.2 Å². The van der Waals surface area contributed by atoms with Crippen LogP contribution in [0.2, 0.25) is 0 Å². The molecule has 2 N–H and O–H groups in total. The Morgan fingerprint density at radius 1 is 1.21 bits per heavy atom. The standard InChI is InChI=1S/C20H21F3N2O4/c21-20(22,23)29-16-3-1-2-15(12-16)19(8-10-28-11-9-19)25-18(27)7-5-14-4-6-17(26)24-13-14/h1-4,6,12-13H,5,7-11H2,(H,24,26)(H,25,27). The molecule has 3 rings (SSSR count). The maximum absolute atomic E-state index is 12.6. The summed E-state index contributed by atoms with van der Waals surface area (Å²) in [4.78, 5) is 26.3. The molecule has 1 aliphatic rings. The van der Waals surface area contributed by atoms with Gasteiger partial charge < -0.3 is 19.8 Å². The fourth-order valence-electron chi connectivity index (χ4n) is 3.38. The minimum absolute atomic E-state index is 0.174. The molecule has 0 aliphatic carbocycles. The average Bonchev–Trinajstić information content (AvgIpc) is 2.67. The number of halogens is 3. The highest BCUT2D eigenvalue weighted by Crippen LogP contribution is 2.35. The van der Waals surface area contributed by atoms with Gasteiger partial charge in [0.05, 0.1) is 5.54 Å². The fourth-order valence-corrected chi connectivity index (χ4v) is 3.38. The number of aryl methyl sites for hydroxylation is 1. The molecule has 6 nitrogen and oxygen atoms in total. The molecule has 2 heterocycles. The molecular weight excluding hydrogens is 389 g/mol. The second-order valence-corrected chi connectivity index (χ2v) is 6.88. The van der Waals surface area contributed by atoms with Crippen molar-refractivity contribution in [1.82, 2.24) is 10.3 Å². The molecule has 1 fully saturated rings. The highest BCUT2D eigenvalue weighted by molar-refractivity contribution is 5.77. The second kappa shape index (κ2) is 8.69. The van der Waals surface area contributed by atoms with Crippen molar-refractivity contribution in [3.05, 3.63) is 64.1 Å².